The van der Waals surface area contributed by atoms with Crippen molar-refractivity contribution in [2.24, 2.45) is 16.8 Å². The molecule has 0 saturated carbocycles. The number of likely N-dealkylation sites (tertiary alicyclic amines) is 1. The van der Waals surface area contributed by atoms with E-state index in [-0.39, 0.29) is 47.5 Å². The minimum absolute atomic E-state index is 0. The zero-order chi connectivity index (χ0) is 18.4. The number of hydrogen-bond acceptors (Lipinski definition) is 4. The van der Waals surface area contributed by atoms with Crippen LogP contribution in [-0.2, 0) is 16.1 Å². The van der Waals surface area contributed by atoms with Crippen LogP contribution in [0.1, 0.15) is 19.4 Å². The Morgan fingerprint density at radius 1 is 1.38 bits per heavy atom. The predicted octanol–water partition coefficient (Wildman–Crippen LogP) is 2.66. The summed E-state index contributed by atoms with van der Waals surface area (Å²) in [5, 5.41) is 3.24. The number of methoxy groups -OCH3 is 2. The summed E-state index contributed by atoms with van der Waals surface area (Å²) >= 11 is 0. The van der Waals surface area contributed by atoms with Gasteiger partial charge in [0, 0.05) is 19.6 Å². The number of nitrogens with zero attached hydrogens (tertiary/aromatic N) is 2. The first-order valence-corrected chi connectivity index (χ1v) is 8.43. The number of hydrogen-bond donors (Lipinski definition) is 1. The number of guanidine groups is 1. The van der Waals surface area contributed by atoms with E-state index < -0.39 is 5.82 Å². The molecule has 0 aromatic heterocycles. The fourth-order valence-electron chi connectivity index (χ4n) is 3.00. The molecule has 26 heavy (non-hydrogen) atoms. The largest absolute Gasteiger partial charge is 0.494 e. The lowest BCUT2D eigenvalue weighted by Crippen LogP contribution is -2.40. The van der Waals surface area contributed by atoms with Crippen molar-refractivity contribution in [3.8, 4) is 5.75 Å². The third-order valence-electron chi connectivity index (χ3n) is 4.38. The van der Waals surface area contributed by atoms with Crippen molar-refractivity contribution in [1.82, 2.24) is 10.2 Å². The number of ether oxygens (including phenoxy) is 2. The number of nitrogens with one attached hydrogen (secondary N) is 1. The van der Waals surface area contributed by atoms with Crippen molar-refractivity contribution >= 4 is 35.9 Å². The quantitative estimate of drug-likeness (QED) is 0.305. The Kier molecular flexibility index (Phi) is 9.11. The molecule has 1 aliphatic heterocycles. The fraction of sp³-hybridized carbons (Fsp3) is 0.556. The van der Waals surface area contributed by atoms with Crippen molar-refractivity contribution < 1.29 is 18.7 Å². The van der Waals surface area contributed by atoms with Gasteiger partial charge in [-0.05, 0) is 30.5 Å². The SMILES string of the molecule is CCNC(=NCc1ccc(OC)c(F)c1)N1CC(C)C(C(=O)OC)C1.I. The molecular formula is C18H27FIN3O3. The zero-order valence-electron chi connectivity index (χ0n) is 15.6. The number of rotatable bonds is 5. The van der Waals surface area contributed by atoms with Gasteiger partial charge in [-0.2, -0.15) is 0 Å². The summed E-state index contributed by atoms with van der Waals surface area (Å²) in [5.41, 5.74) is 0.755. The highest BCUT2D eigenvalue weighted by Crippen LogP contribution is 2.24. The molecular weight excluding hydrogens is 452 g/mol. The number of esters is 1. The van der Waals surface area contributed by atoms with E-state index in [1.54, 1.807) is 12.1 Å². The third-order valence-corrected chi connectivity index (χ3v) is 4.38. The van der Waals surface area contributed by atoms with E-state index in [9.17, 15) is 9.18 Å². The molecule has 0 spiro atoms. The van der Waals surface area contributed by atoms with Crippen LogP contribution < -0.4 is 10.1 Å². The Bertz CT molecular complexity index is 642. The third kappa shape index (κ3) is 5.46. The minimum atomic E-state index is -0.402. The van der Waals surface area contributed by atoms with E-state index in [0.29, 0.717) is 19.6 Å². The molecule has 2 rings (SSSR count). The number of carbonyl (C=O) groups is 1. The molecule has 1 fully saturated rings. The lowest BCUT2D eigenvalue weighted by Gasteiger charge is -2.21. The van der Waals surface area contributed by atoms with Crippen molar-refractivity contribution in [2.45, 2.75) is 20.4 Å². The fourth-order valence-corrected chi connectivity index (χ4v) is 3.00. The molecule has 6 nitrogen and oxygen atoms in total. The van der Waals surface area contributed by atoms with Gasteiger partial charge in [0.1, 0.15) is 0 Å². The van der Waals surface area contributed by atoms with Crippen LogP contribution in [0, 0.1) is 17.7 Å². The summed E-state index contributed by atoms with van der Waals surface area (Å²) in [4.78, 5) is 18.5. The number of carbonyl (C=O) groups excluding carboxylic acids is 1. The summed E-state index contributed by atoms with van der Waals surface area (Å²) in [6, 6.07) is 4.81. The van der Waals surface area contributed by atoms with Gasteiger partial charge in [-0.1, -0.05) is 13.0 Å². The Labute approximate surface area is 171 Å². The van der Waals surface area contributed by atoms with Crippen LogP contribution in [-0.4, -0.2) is 50.7 Å². The molecule has 1 aromatic carbocycles. The van der Waals surface area contributed by atoms with Gasteiger partial charge in [0.2, 0.25) is 0 Å². The maximum absolute atomic E-state index is 13.8. The van der Waals surface area contributed by atoms with Gasteiger partial charge in [-0.3, -0.25) is 4.79 Å². The summed E-state index contributed by atoms with van der Waals surface area (Å²) in [6.07, 6.45) is 0. The van der Waals surface area contributed by atoms with Gasteiger partial charge in [-0.15, -0.1) is 24.0 Å². The zero-order valence-corrected chi connectivity index (χ0v) is 18.0. The van der Waals surface area contributed by atoms with Crippen molar-refractivity contribution in [3.63, 3.8) is 0 Å². The first kappa shape index (κ1) is 22.5. The van der Waals surface area contributed by atoms with Gasteiger partial charge in [-0.25, -0.2) is 9.38 Å². The van der Waals surface area contributed by atoms with E-state index in [4.69, 9.17) is 9.47 Å². The molecule has 1 aromatic rings. The maximum Gasteiger partial charge on any atom is 0.310 e. The standard InChI is InChI=1S/C18H26FN3O3.HI/c1-5-20-18(22-10-12(2)14(11-22)17(23)25-4)21-9-13-6-7-16(24-3)15(19)8-13;/h6-8,12,14H,5,9-11H2,1-4H3,(H,20,21);1H. The van der Waals surface area contributed by atoms with Crippen molar-refractivity contribution in [3.05, 3.63) is 29.6 Å². The number of aliphatic imine (C=N–C) groups is 1. The molecule has 0 aliphatic carbocycles. The second-order valence-electron chi connectivity index (χ2n) is 6.15. The highest BCUT2D eigenvalue weighted by molar-refractivity contribution is 14.0. The van der Waals surface area contributed by atoms with E-state index >= 15 is 0 Å². The van der Waals surface area contributed by atoms with Crippen molar-refractivity contribution in [2.75, 3.05) is 33.9 Å². The molecule has 1 aliphatic rings. The first-order chi connectivity index (χ1) is 12.0. The molecule has 0 bridgehead atoms. The van der Waals surface area contributed by atoms with Crippen LogP contribution in [0.4, 0.5) is 4.39 Å². The molecule has 1 saturated heterocycles. The second kappa shape index (κ2) is 10.5. The molecule has 0 radical (unpaired) electrons. The molecule has 146 valence electrons. The van der Waals surface area contributed by atoms with E-state index in [0.717, 1.165) is 18.1 Å². The Balaban J connectivity index is 0.00000338. The van der Waals surface area contributed by atoms with E-state index in [1.165, 1.54) is 20.3 Å². The predicted molar refractivity (Wildman–Crippen MR) is 109 cm³/mol. The van der Waals surface area contributed by atoms with Gasteiger partial charge in [0.05, 0.1) is 26.7 Å². The Morgan fingerprint density at radius 2 is 2.12 bits per heavy atom. The van der Waals surface area contributed by atoms with Gasteiger partial charge < -0.3 is 19.7 Å². The topological polar surface area (TPSA) is 63.2 Å². The first-order valence-electron chi connectivity index (χ1n) is 8.43. The smallest absolute Gasteiger partial charge is 0.310 e. The van der Waals surface area contributed by atoms with E-state index in [1.807, 2.05) is 13.8 Å². The minimum Gasteiger partial charge on any atom is -0.494 e. The lowest BCUT2D eigenvalue weighted by atomic mass is 9.99. The van der Waals surface area contributed by atoms with Gasteiger partial charge >= 0.3 is 5.97 Å². The number of benzene rings is 1. The summed E-state index contributed by atoms with van der Waals surface area (Å²) in [6.45, 7) is 6.36. The second-order valence-corrected chi connectivity index (χ2v) is 6.15. The Hall–Kier alpha value is -1.58. The van der Waals surface area contributed by atoms with Crippen LogP contribution >= 0.6 is 24.0 Å². The molecule has 2 unspecified atom stereocenters. The van der Waals surface area contributed by atoms with Gasteiger partial charge in [0.25, 0.3) is 0 Å². The monoisotopic (exact) mass is 479 g/mol. The summed E-state index contributed by atoms with van der Waals surface area (Å²) < 4.78 is 23.6. The van der Waals surface area contributed by atoms with Crippen LogP contribution in [0.3, 0.4) is 0 Å². The Morgan fingerprint density at radius 3 is 2.69 bits per heavy atom. The van der Waals surface area contributed by atoms with Crippen molar-refractivity contribution in [1.29, 1.82) is 0 Å². The normalized spacial score (nSPS) is 19.7. The lowest BCUT2D eigenvalue weighted by molar-refractivity contribution is -0.145. The molecule has 8 heteroatoms. The molecule has 1 heterocycles. The van der Waals surface area contributed by atoms with E-state index in [2.05, 4.69) is 15.2 Å². The average Bonchev–Trinajstić information content (AvgIpc) is 2.99. The molecule has 1 N–H and O–H groups in total. The average molecular weight is 479 g/mol. The highest BCUT2D eigenvalue weighted by Gasteiger charge is 2.36. The molecule has 2 atom stereocenters. The molecule has 0 amide bonds. The van der Waals surface area contributed by atoms with Crippen LogP contribution in [0.2, 0.25) is 0 Å². The summed E-state index contributed by atoms with van der Waals surface area (Å²) in [5.74, 6) is 0.372. The van der Waals surface area contributed by atoms with Crippen LogP contribution in [0.15, 0.2) is 23.2 Å². The van der Waals surface area contributed by atoms with Crippen LogP contribution in [0.25, 0.3) is 0 Å². The maximum atomic E-state index is 13.8. The number of halogens is 2. The highest BCUT2D eigenvalue weighted by atomic mass is 127. The van der Waals surface area contributed by atoms with Gasteiger partial charge in [0.15, 0.2) is 17.5 Å². The van der Waals surface area contributed by atoms with Crippen LogP contribution in [0.5, 0.6) is 5.75 Å². The summed E-state index contributed by atoms with van der Waals surface area (Å²) in [7, 11) is 2.85.